The van der Waals surface area contributed by atoms with E-state index in [0.717, 1.165) is 14.6 Å². The number of amides is 1. The van der Waals surface area contributed by atoms with Crippen LogP contribution in [-0.4, -0.2) is 5.91 Å². The van der Waals surface area contributed by atoms with Crippen LogP contribution in [0, 0.1) is 0 Å². The van der Waals surface area contributed by atoms with Crippen molar-refractivity contribution in [1.29, 1.82) is 0 Å². The molecule has 1 aromatic heterocycles. The van der Waals surface area contributed by atoms with Crippen molar-refractivity contribution in [3.8, 4) is 0 Å². The van der Waals surface area contributed by atoms with Crippen LogP contribution in [0.25, 0.3) is 10.1 Å². The smallest absolute Gasteiger partial charge is 0.265 e. The predicted molar refractivity (Wildman–Crippen MR) is 88.9 cm³/mol. The molecule has 0 radical (unpaired) electrons. The van der Waals surface area contributed by atoms with Crippen molar-refractivity contribution in [1.82, 2.24) is 0 Å². The molecular weight excluding hydrogens is 358 g/mol. The zero-order valence-corrected chi connectivity index (χ0v) is 13.3. The molecule has 0 bridgehead atoms. The Bertz CT molecular complexity index is 799. The van der Waals surface area contributed by atoms with E-state index in [4.69, 9.17) is 11.6 Å². The second-order valence-corrected chi connectivity index (χ2v) is 6.63. The quantitative estimate of drug-likeness (QED) is 0.631. The van der Waals surface area contributed by atoms with Crippen molar-refractivity contribution in [2.75, 3.05) is 5.32 Å². The minimum atomic E-state index is -0.143. The van der Waals surface area contributed by atoms with Crippen LogP contribution in [0.15, 0.2) is 53.0 Å². The Labute approximate surface area is 133 Å². The van der Waals surface area contributed by atoms with Gasteiger partial charge in [0, 0.05) is 9.17 Å². The van der Waals surface area contributed by atoms with Gasteiger partial charge >= 0.3 is 0 Å². The van der Waals surface area contributed by atoms with Gasteiger partial charge in [-0.15, -0.1) is 11.3 Å². The molecule has 1 N–H and O–H groups in total. The first-order valence-corrected chi connectivity index (χ1v) is 7.87. The highest BCUT2D eigenvalue weighted by Gasteiger charge is 2.12. The number of para-hydroxylation sites is 1. The maximum absolute atomic E-state index is 12.2. The number of hydrogen-bond acceptors (Lipinski definition) is 2. The lowest BCUT2D eigenvalue weighted by Crippen LogP contribution is -2.10. The Morgan fingerprint density at radius 2 is 1.95 bits per heavy atom. The van der Waals surface area contributed by atoms with Crippen LogP contribution in [0.5, 0.6) is 0 Å². The number of halogens is 2. The molecule has 0 saturated carbocycles. The lowest BCUT2D eigenvalue weighted by atomic mass is 10.2. The highest BCUT2D eigenvalue weighted by atomic mass is 79.9. The summed E-state index contributed by atoms with van der Waals surface area (Å²) in [5.74, 6) is -0.143. The molecule has 1 heterocycles. The van der Waals surface area contributed by atoms with Gasteiger partial charge in [-0.1, -0.05) is 39.7 Å². The Morgan fingerprint density at radius 1 is 1.15 bits per heavy atom. The van der Waals surface area contributed by atoms with Crippen LogP contribution in [0.4, 0.5) is 5.69 Å². The van der Waals surface area contributed by atoms with Gasteiger partial charge in [-0.25, -0.2) is 0 Å². The van der Waals surface area contributed by atoms with E-state index in [9.17, 15) is 4.79 Å². The van der Waals surface area contributed by atoms with Crippen LogP contribution < -0.4 is 5.32 Å². The summed E-state index contributed by atoms with van der Waals surface area (Å²) in [7, 11) is 0. The van der Waals surface area contributed by atoms with Gasteiger partial charge in [0.25, 0.3) is 5.91 Å². The van der Waals surface area contributed by atoms with Crippen molar-refractivity contribution in [2.45, 2.75) is 0 Å². The first-order valence-electron chi connectivity index (χ1n) is 5.88. The van der Waals surface area contributed by atoms with E-state index in [2.05, 4.69) is 21.2 Å². The van der Waals surface area contributed by atoms with E-state index >= 15 is 0 Å². The molecule has 0 fully saturated rings. The van der Waals surface area contributed by atoms with Crippen molar-refractivity contribution in [2.24, 2.45) is 0 Å². The van der Waals surface area contributed by atoms with Gasteiger partial charge in [0.15, 0.2) is 0 Å². The fraction of sp³-hybridized carbons (Fsp3) is 0. The summed E-state index contributed by atoms with van der Waals surface area (Å²) >= 11 is 10.9. The van der Waals surface area contributed by atoms with E-state index in [1.807, 2.05) is 36.4 Å². The molecule has 0 unspecified atom stereocenters. The lowest BCUT2D eigenvalue weighted by Gasteiger charge is -2.04. The summed E-state index contributed by atoms with van der Waals surface area (Å²) < 4.78 is 2.08. The third-order valence-electron chi connectivity index (χ3n) is 2.82. The average molecular weight is 367 g/mol. The fourth-order valence-electron chi connectivity index (χ4n) is 1.87. The molecule has 1 amide bonds. The minimum Gasteiger partial charge on any atom is -0.320 e. The second-order valence-electron chi connectivity index (χ2n) is 4.23. The lowest BCUT2D eigenvalue weighted by molar-refractivity contribution is 0.103. The number of benzene rings is 2. The number of anilines is 1. The molecule has 2 aromatic carbocycles. The zero-order valence-electron chi connectivity index (χ0n) is 10.2. The second kappa shape index (κ2) is 5.56. The molecule has 20 heavy (non-hydrogen) atoms. The van der Waals surface area contributed by atoms with Gasteiger partial charge < -0.3 is 5.32 Å². The van der Waals surface area contributed by atoms with Gasteiger partial charge in [-0.05, 0) is 41.8 Å². The number of carbonyl (C=O) groups is 1. The van der Waals surface area contributed by atoms with Gasteiger partial charge in [-0.2, -0.15) is 0 Å². The maximum atomic E-state index is 12.2. The monoisotopic (exact) mass is 365 g/mol. The first kappa shape index (κ1) is 13.6. The summed E-state index contributed by atoms with van der Waals surface area (Å²) in [6.07, 6.45) is 0. The molecule has 0 spiro atoms. The van der Waals surface area contributed by atoms with E-state index in [0.29, 0.717) is 15.6 Å². The van der Waals surface area contributed by atoms with Crippen LogP contribution in [-0.2, 0) is 0 Å². The molecule has 0 aliphatic rings. The Hall–Kier alpha value is -1.36. The topological polar surface area (TPSA) is 29.1 Å². The Morgan fingerprint density at radius 3 is 2.75 bits per heavy atom. The van der Waals surface area contributed by atoms with Crippen molar-refractivity contribution in [3.05, 3.63) is 62.9 Å². The van der Waals surface area contributed by atoms with Crippen molar-refractivity contribution >= 4 is 60.5 Å². The maximum Gasteiger partial charge on any atom is 0.265 e. The highest BCUT2D eigenvalue weighted by Crippen LogP contribution is 2.29. The predicted octanol–water partition coefficient (Wildman–Crippen LogP) is 5.57. The van der Waals surface area contributed by atoms with Gasteiger partial charge in [0.2, 0.25) is 0 Å². The standard InChI is InChI=1S/C15H9BrClNOS/c16-10-5-6-13-9(7-10)8-14(20-13)15(19)18-12-4-2-1-3-11(12)17/h1-8H,(H,18,19). The SMILES string of the molecule is O=C(Nc1ccccc1Cl)c1cc2cc(Br)ccc2s1. The van der Waals surface area contributed by atoms with Crippen LogP contribution in [0.3, 0.4) is 0 Å². The molecule has 0 aliphatic carbocycles. The third kappa shape index (κ3) is 2.73. The van der Waals surface area contributed by atoms with Gasteiger partial charge in [-0.3, -0.25) is 4.79 Å². The fourth-order valence-corrected chi connectivity index (χ4v) is 3.37. The number of fused-ring (bicyclic) bond motifs is 1. The number of rotatable bonds is 2. The summed E-state index contributed by atoms with van der Waals surface area (Å²) in [6, 6.07) is 15.0. The number of hydrogen-bond donors (Lipinski definition) is 1. The van der Waals surface area contributed by atoms with E-state index in [1.54, 1.807) is 12.1 Å². The average Bonchev–Trinajstić information content (AvgIpc) is 2.84. The van der Waals surface area contributed by atoms with Gasteiger partial charge in [0.1, 0.15) is 0 Å². The van der Waals surface area contributed by atoms with Crippen molar-refractivity contribution < 1.29 is 4.79 Å². The first-order chi connectivity index (χ1) is 9.63. The molecular formula is C15H9BrClNOS. The minimum absolute atomic E-state index is 0.143. The summed E-state index contributed by atoms with van der Waals surface area (Å²) in [5, 5.41) is 4.41. The Kier molecular flexibility index (Phi) is 3.78. The molecule has 3 rings (SSSR count). The van der Waals surface area contributed by atoms with E-state index in [1.165, 1.54) is 11.3 Å². The number of thiophene rings is 1. The number of carbonyl (C=O) groups excluding carboxylic acids is 1. The van der Waals surface area contributed by atoms with Crippen molar-refractivity contribution in [3.63, 3.8) is 0 Å². The molecule has 3 aromatic rings. The summed E-state index contributed by atoms with van der Waals surface area (Å²) in [4.78, 5) is 12.9. The molecule has 2 nitrogen and oxygen atoms in total. The third-order valence-corrected chi connectivity index (χ3v) is 4.76. The molecule has 0 atom stereocenters. The molecule has 0 aliphatic heterocycles. The highest BCUT2D eigenvalue weighted by molar-refractivity contribution is 9.10. The molecule has 0 saturated heterocycles. The number of nitrogens with one attached hydrogen (secondary N) is 1. The Balaban J connectivity index is 1.91. The van der Waals surface area contributed by atoms with Gasteiger partial charge in [0.05, 0.1) is 15.6 Å². The molecule has 5 heteroatoms. The van der Waals surface area contributed by atoms with Crippen LogP contribution >= 0.6 is 38.9 Å². The van der Waals surface area contributed by atoms with E-state index in [-0.39, 0.29) is 5.91 Å². The van der Waals surface area contributed by atoms with Crippen LogP contribution in [0.2, 0.25) is 5.02 Å². The van der Waals surface area contributed by atoms with Crippen LogP contribution in [0.1, 0.15) is 9.67 Å². The normalized spacial score (nSPS) is 10.7. The van der Waals surface area contributed by atoms with E-state index < -0.39 is 0 Å². The summed E-state index contributed by atoms with van der Waals surface area (Å²) in [6.45, 7) is 0. The zero-order chi connectivity index (χ0) is 14.1. The largest absolute Gasteiger partial charge is 0.320 e. The molecule has 100 valence electrons. The summed E-state index contributed by atoms with van der Waals surface area (Å²) in [5.41, 5.74) is 0.623.